The molecule has 0 fully saturated rings. The van der Waals surface area contributed by atoms with Gasteiger partial charge in [-0.3, -0.25) is 0 Å². The smallest absolute Gasteiger partial charge is 0.243 e. The lowest BCUT2D eigenvalue weighted by atomic mass is 10.3. The van der Waals surface area contributed by atoms with Crippen LogP contribution in [0.2, 0.25) is 0 Å². The summed E-state index contributed by atoms with van der Waals surface area (Å²) in [5.41, 5.74) is 0. The second-order valence-corrected chi connectivity index (χ2v) is 5.92. The van der Waals surface area contributed by atoms with E-state index in [2.05, 4.69) is 20.2 Å². The first kappa shape index (κ1) is 14.2. The number of alkyl halides is 3. The summed E-state index contributed by atoms with van der Waals surface area (Å²) in [6.07, 6.45) is 3.79. The van der Waals surface area contributed by atoms with Crippen molar-refractivity contribution in [3.63, 3.8) is 0 Å². The van der Waals surface area contributed by atoms with Crippen molar-refractivity contribution in [3.05, 3.63) is 24.3 Å². The van der Waals surface area contributed by atoms with Gasteiger partial charge in [0.25, 0.3) is 3.79 Å². The highest BCUT2D eigenvalue weighted by Crippen LogP contribution is 2.36. The summed E-state index contributed by atoms with van der Waals surface area (Å²) in [5, 5.41) is 7.66. The van der Waals surface area contributed by atoms with Crippen LogP contribution in [0.25, 0.3) is 0 Å². The second kappa shape index (κ2) is 5.44. The van der Waals surface area contributed by atoms with Gasteiger partial charge in [0.2, 0.25) is 5.82 Å². The van der Waals surface area contributed by atoms with Gasteiger partial charge in [0.15, 0.2) is 0 Å². The van der Waals surface area contributed by atoms with Crippen LogP contribution in [-0.4, -0.2) is 35.6 Å². The molecule has 7 nitrogen and oxygen atoms in total. The van der Waals surface area contributed by atoms with E-state index in [1.165, 1.54) is 12.7 Å². The van der Waals surface area contributed by atoms with Crippen molar-refractivity contribution in [3.8, 4) is 0 Å². The molecule has 0 saturated carbocycles. The zero-order chi connectivity index (χ0) is 14.0. The Kier molecular flexibility index (Phi) is 4.07. The van der Waals surface area contributed by atoms with E-state index in [1.54, 1.807) is 0 Å². The fourth-order valence-electron chi connectivity index (χ4n) is 1.41. The summed E-state index contributed by atoms with van der Waals surface area (Å²) >= 11 is 17.2. The Morgan fingerprint density at radius 3 is 2.68 bits per heavy atom. The van der Waals surface area contributed by atoms with Gasteiger partial charge in [0, 0.05) is 6.42 Å². The zero-order valence-electron chi connectivity index (χ0n) is 9.79. The Bertz CT molecular complexity index is 573. The second-order valence-electron chi connectivity index (χ2n) is 3.63. The summed E-state index contributed by atoms with van der Waals surface area (Å²) in [5.74, 6) is 0.360. The molecule has 0 atom stereocenters. The van der Waals surface area contributed by atoms with E-state index in [0.29, 0.717) is 12.2 Å². The van der Waals surface area contributed by atoms with Crippen LogP contribution in [-0.2, 0) is 10.2 Å². The SMILES string of the molecule is CCCc1nc(C(Cl)(Cl)Cl)nn1C(=O)n1cncn1. The number of halogens is 3. The number of nitrogens with zero attached hydrogens (tertiary/aromatic N) is 6. The molecule has 0 unspecified atom stereocenters. The van der Waals surface area contributed by atoms with Crippen LogP contribution in [0.15, 0.2) is 12.7 Å². The summed E-state index contributed by atoms with van der Waals surface area (Å²) in [7, 11) is 0. The molecule has 0 aliphatic heterocycles. The van der Waals surface area contributed by atoms with Gasteiger partial charge in [0.1, 0.15) is 18.5 Å². The first-order chi connectivity index (χ1) is 8.93. The van der Waals surface area contributed by atoms with Crippen LogP contribution in [0.4, 0.5) is 4.79 Å². The molecule has 2 rings (SSSR count). The minimum atomic E-state index is -1.78. The third-order valence-electron chi connectivity index (χ3n) is 2.20. The van der Waals surface area contributed by atoms with Gasteiger partial charge in [0.05, 0.1) is 0 Å². The van der Waals surface area contributed by atoms with Gasteiger partial charge >= 0.3 is 6.03 Å². The van der Waals surface area contributed by atoms with Crippen LogP contribution >= 0.6 is 34.8 Å². The quantitative estimate of drug-likeness (QED) is 0.791. The summed E-state index contributed by atoms with van der Waals surface area (Å²) in [4.78, 5) is 19.9. The third-order valence-corrected chi connectivity index (χ3v) is 2.70. The Morgan fingerprint density at radius 1 is 1.42 bits per heavy atom. The molecular weight excluding hydrogens is 314 g/mol. The summed E-state index contributed by atoms with van der Waals surface area (Å²) < 4.78 is 0.307. The van der Waals surface area contributed by atoms with E-state index >= 15 is 0 Å². The molecule has 0 radical (unpaired) electrons. The molecule has 19 heavy (non-hydrogen) atoms. The highest BCUT2D eigenvalue weighted by Gasteiger charge is 2.31. The number of aryl methyl sites for hydroxylation is 1. The van der Waals surface area contributed by atoms with Crippen molar-refractivity contribution in [2.75, 3.05) is 0 Å². The number of hydrogen-bond acceptors (Lipinski definition) is 5. The van der Waals surface area contributed by atoms with Crippen molar-refractivity contribution >= 4 is 40.8 Å². The van der Waals surface area contributed by atoms with E-state index in [1.807, 2.05) is 6.92 Å². The van der Waals surface area contributed by atoms with Crippen molar-refractivity contribution < 1.29 is 4.79 Å². The van der Waals surface area contributed by atoms with E-state index in [-0.39, 0.29) is 5.82 Å². The topological polar surface area (TPSA) is 78.5 Å². The molecule has 102 valence electrons. The van der Waals surface area contributed by atoms with E-state index in [9.17, 15) is 4.79 Å². The van der Waals surface area contributed by atoms with Gasteiger partial charge < -0.3 is 0 Å². The lowest BCUT2D eigenvalue weighted by Gasteiger charge is -2.03. The molecule has 0 aromatic carbocycles. The average molecular weight is 324 g/mol. The summed E-state index contributed by atoms with van der Waals surface area (Å²) in [6.45, 7) is 1.94. The molecule has 2 heterocycles. The van der Waals surface area contributed by atoms with E-state index < -0.39 is 9.82 Å². The first-order valence-corrected chi connectivity index (χ1v) is 6.49. The lowest BCUT2D eigenvalue weighted by Crippen LogP contribution is -2.23. The molecule has 0 aliphatic rings. The van der Waals surface area contributed by atoms with Crippen LogP contribution < -0.4 is 0 Å². The number of aromatic nitrogens is 6. The molecule has 0 bridgehead atoms. The minimum absolute atomic E-state index is 0.0468. The van der Waals surface area contributed by atoms with Crippen LogP contribution in [0.5, 0.6) is 0 Å². The maximum atomic E-state index is 12.1. The predicted octanol–water partition coefficient (Wildman–Crippen LogP) is 2.17. The highest BCUT2D eigenvalue weighted by molar-refractivity contribution is 6.66. The maximum absolute atomic E-state index is 12.1. The Balaban J connectivity index is 2.43. The Morgan fingerprint density at radius 2 is 2.16 bits per heavy atom. The molecule has 2 aromatic rings. The van der Waals surface area contributed by atoms with E-state index in [4.69, 9.17) is 34.8 Å². The Labute approximate surface area is 123 Å². The van der Waals surface area contributed by atoms with Crippen molar-refractivity contribution in [2.45, 2.75) is 23.6 Å². The average Bonchev–Trinajstić information content (AvgIpc) is 2.96. The number of rotatable bonds is 2. The monoisotopic (exact) mass is 322 g/mol. The van der Waals surface area contributed by atoms with Gasteiger partial charge in [-0.25, -0.2) is 14.8 Å². The molecule has 0 aliphatic carbocycles. The molecular formula is C9H9Cl3N6O. The summed E-state index contributed by atoms with van der Waals surface area (Å²) in [6, 6.07) is -0.533. The number of carbonyl (C=O) groups is 1. The third kappa shape index (κ3) is 3.05. The Hall–Kier alpha value is -1.18. The molecule has 0 N–H and O–H groups in total. The minimum Gasteiger partial charge on any atom is -0.243 e. The largest absolute Gasteiger partial charge is 0.372 e. The van der Waals surface area contributed by atoms with Gasteiger partial charge in [-0.05, 0) is 6.42 Å². The molecule has 2 aromatic heterocycles. The fraction of sp³-hybridized carbons (Fsp3) is 0.444. The maximum Gasteiger partial charge on any atom is 0.372 e. The first-order valence-electron chi connectivity index (χ1n) is 5.36. The molecule has 0 amide bonds. The van der Waals surface area contributed by atoms with Gasteiger partial charge in [-0.1, -0.05) is 41.7 Å². The number of carbonyl (C=O) groups excluding carboxylic acids is 1. The van der Waals surface area contributed by atoms with Crippen molar-refractivity contribution in [1.29, 1.82) is 0 Å². The standard InChI is InChI=1S/C9H9Cl3N6O/c1-2-3-6-15-7(9(10,11)12)16-18(6)8(19)17-5-13-4-14-17/h4-5H,2-3H2,1H3. The lowest BCUT2D eigenvalue weighted by molar-refractivity contribution is 0.237. The highest BCUT2D eigenvalue weighted by atomic mass is 35.6. The van der Waals surface area contributed by atoms with Crippen LogP contribution in [0, 0.1) is 0 Å². The van der Waals surface area contributed by atoms with Gasteiger partial charge in [-0.2, -0.15) is 14.5 Å². The molecule has 0 saturated heterocycles. The van der Waals surface area contributed by atoms with Crippen molar-refractivity contribution in [2.24, 2.45) is 0 Å². The van der Waals surface area contributed by atoms with E-state index in [0.717, 1.165) is 15.8 Å². The van der Waals surface area contributed by atoms with Crippen LogP contribution in [0.3, 0.4) is 0 Å². The fourth-order valence-corrected chi connectivity index (χ4v) is 1.65. The van der Waals surface area contributed by atoms with Crippen molar-refractivity contribution in [1.82, 2.24) is 29.5 Å². The van der Waals surface area contributed by atoms with Gasteiger partial charge in [-0.15, -0.1) is 5.10 Å². The van der Waals surface area contributed by atoms with Crippen LogP contribution in [0.1, 0.15) is 25.0 Å². The number of hydrogen-bond donors (Lipinski definition) is 0. The molecule has 10 heteroatoms. The zero-order valence-corrected chi connectivity index (χ0v) is 12.1. The predicted molar refractivity (Wildman–Crippen MR) is 69.5 cm³/mol. The molecule has 0 spiro atoms. The normalized spacial score (nSPS) is 11.8.